The summed E-state index contributed by atoms with van der Waals surface area (Å²) in [4.78, 5) is 20.9. The predicted molar refractivity (Wildman–Crippen MR) is 48.9 cm³/mol. The van der Waals surface area contributed by atoms with E-state index in [1.54, 1.807) is 0 Å². The fraction of sp³-hybridized carbons (Fsp3) is 0. The minimum atomic E-state index is -1.23. The maximum absolute atomic E-state index is 10.5. The van der Waals surface area contributed by atoms with E-state index in [1.807, 2.05) is 0 Å². The van der Waals surface area contributed by atoms with Crippen LogP contribution in [0.3, 0.4) is 0 Å². The van der Waals surface area contributed by atoms with Crippen LogP contribution in [0.5, 0.6) is 0 Å². The van der Waals surface area contributed by atoms with Crippen LogP contribution in [0.1, 0.15) is 20.7 Å². The van der Waals surface area contributed by atoms with E-state index in [-0.39, 0.29) is 28.2 Å². The van der Waals surface area contributed by atoms with Crippen molar-refractivity contribution < 1.29 is 19.8 Å². The molecule has 2 N–H and O–H groups in total. The molecule has 5 heteroatoms. The first kappa shape index (κ1) is 11.7. The van der Waals surface area contributed by atoms with Crippen molar-refractivity contribution in [2.24, 2.45) is 0 Å². The Hall–Kier alpha value is -1.32. The van der Waals surface area contributed by atoms with Gasteiger partial charge in [-0.2, -0.15) is 0 Å². The van der Waals surface area contributed by atoms with Gasteiger partial charge in [-0.3, -0.25) is 0 Å². The third-order valence-electron chi connectivity index (χ3n) is 1.39. The molecular formula is C8H8O4Se. The molecule has 0 saturated heterocycles. The van der Waals surface area contributed by atoms with Crippen molar-refractivity contribution in [3.8, 4) is 0 Å². The predicted octanol–water partition coefficient (Wildman–Crippen LogP) is 0.167. The molecule has 0 spiro atoms. The molecule has 1 rings (SSSR count). The molecule has 0 saturated carbocycles. The molecule has 0 heterocycles. The van der Waals surface area contributed by atoms with Gasteiger partial charge in [0.05, 0.1) is 11.1 Å². The molecule has 0 radical (unpaired) electrons. The molecule has 0 aliphatic rings. The number of hydrogen-bond donors (Lipinski definition) is 2. The number of carboxylic acids is 2. The standard InChI is InChI=1S/C8H6O4.H2Se/c9-7(10)5-3-1-2-4-6(5)8(11)12;/h1-4H,(H,9,10)(H,11,12);1H2. The molecule has 0 aliphatic heterocycles. The monoisotopic (exact) mass is 248 g/mol. The summed E-state index contributed by atoms with van der Waals surface area (Å²) >= 11 is 0. The van der Waals surface area contributed by atoms with Crippen molar-refractivity contribution in [2.75, 3.05) is 0 Å². The fourth-order valence-corrected chi connectivity index (χ4v) is 0.856. The first-order chi connectivity index (χ1) is 5.63. The van der Waals surface area contributed by atoms with E-state index in [2.05, 4.69) is 0 Å². The van der Waals surface area contributed by atoms with Crippen molar-refractivity contribution in [1.29, 1.82) is 0 Å². The van der Waals surface area contributed by atoms with Crippen LogP contribution in [0, 0.1) is 0 Å². The van der Waals surface area contributed by atoms with E-state index in [1.165, 1.54) is 24.3 Å². The SMILES string of the molecule is O=C(O)c1ccccc1C(=O)O.[SeH2]. The number of carbonyl (C=O) groups is 2. The van der Waals surface area contributed by atoms with Gasteiger partial charge in [-0.1, -0.05) is 12.1 Å². The third kappa shape index (κ3) is 2.57. The van der Waals surface area contributed by atoms with E-state index >= 15 is 0 Å². The Balaban J connectivity index is 0.00000144. The van der Waals surface area contributed by atoms with Gasteiger partial charge >= 0.3 is 29.0 Å². The summed E-state index contributed by atoms with van der Waals surface area (Å²) in [7, 11) is 0. The number of rotatable bonds is 2. The van der Waals surface area contributed by atoms with Crippen molar-refractivity contribution >= 4 is 29.0 Å². The van der Waals surface area contributed by atoms with Gasteiger partial charge in [0.1, 0.15) is 0 Å². The molecule has 1 aromatic rings. The quantitative estimate of drug-likeness (QED) is 0.730. The van der Waals surface area contributed by atoms with Gasteiger partial charge in [0, 0.05) is 0 Å². The van der Waals surface area contributed by atoms with Crippen LogP contribution < -0.4 is 0 Å². The summed E-state index contributed by atoms with van der Waals surface area (Å²) < 4.78 is 0. The van der Waals surface area contributed by atoms with Crippen LogP contribution in [0.2, 0.25) is 0 Å². The topological polar surface area (TPSA) is 74.6 Å². The van der Waals surface area contributed by atoms with Crippen molar-refractivity contribution in [1.82, 2.24) is 0 Å². The summed E-state index contributed by atoms with van der Waals surface area (Å²) in [5.41, 5.74) is -0.380. The third-order valence-corrected chi connectivity index (χ3v) is 1.39. The summed E-state index contributed by atoms with van der Waals surface area (Å²) in [6.07, 6.45) is 0. The Labute approximate surface area is 84.7 Å². The zero-order valence-electron chi connectivity index (χ0n) is 6.52. The minimum absolute atomic E-state index is 0. The second kappa shape index (κ2) is 4.64. The summed E-state index contributed by atoms with van der Waals surface area (Å²) in [6, 6.07) is 5.48. The molecule has 13 heavy (non-hydrogen) atoms. The van der Waals surface area contributed by atoms with Crippen molar-refractivity contribution in [3.05, 3.63) is 35.4 Å². The van der Waals surface area contributed by atoms with Crippen LogP contribution in [0.25, 0.3) is 0 Å². The van der Waals surface area contributed by atoms with E-state index in [0.29, 0.717) is 0 Å². The molecule has 0 atom stereocenters. The van der Waals surface area contributed by atoms with Crippen LogP contribution in [0.15, 0.2) is 24.3 Å². The molecule has 1 aromatic carbocycles. The number of carboxylic acid groups (broad SMARTS) is 2. The van der Waals surface area contributed by atoms with E-state index in [0.717, 1.165) is 0 Å². The van der Waals surface area contributed by atoms with Gasteiger partial charge in [0.2, 0.25) is 0 Å². The maximum atomic E-state index is 10.5. The molecule has 0 aromatic heterocycles. The summed E-state index contributed by atoms with van der Waals surface area (Å²) in [6.45, 7) is 0. The van der Waals surface area contributed by atoms with Gasteiger partial charge in [-0.15, -0.1) is 0 Å². The second-order valence-electron chi connectivity index (χ2n) is 2.16. The number of aromatic carboxylic acids is 2. The van der Waals surface area contributed by atoms with E-state index in [9.17, 15) is 9.59 Å². The zero-order chi connectivity index (χ0) is 9.14. The summed E-state index contributed by atoms with van der Waals surface area (Å²) in [5.74, 6) is -2.46. The average molecular weight is 247 g/mol. The van der Waals surface area contributed by atoms with Crippen molar-refractivity contribution in [2.45, 2.75) is 0 Å². The van der Waals surface area contributed by atoms with Gasteiger partial charge in [-0.05, 0) is 12.1 Å². The number of benzene rings is 1. The van der Waals surface area contributed by atoms with Crippen LogP contribution in [-0.4, -0.2) is 39.2 Å². The van der Waals surface area contributed by atoms with E-state index in [4.69, 9.17) is 10.2 Å². The molecule has 0 bridgehead atoms. The Morgan fingerprint density at radius 1 is 0.923 bits per heavy atom. The Morgan fingerprint density at radius 3 is 1.46 bits per heavy atom. The molecule has 0 amide bonds. The Morgan fingerprint density at radius 2 is 1.23 bits per heavy atom. The molecular weight excluding hydrogens is 239 g/mol. The summed E-state index contributed by atoms with van der Waals surface area (Å²) in [5, 5.41) is 17.1. The first-order valence-electron chi connectivity index (χ1n) is 3.18. The van der Waals surface area contributed by atoms with Crippen molar-refractivity contribution in [3.63, 3.8) is 0 Å². The second-order valence-corrected chi connectivity index (χ2v) is 2.16. The van der Waals surface area contributed by atoms with Crippen LogP contribution in [0.4, 0.5) is 0 Å². The molecule has 0 unspecified atom stereocenters. The Bertz CT molecular complexity index is 302. The zero-order valence-corrected chi connectivity index (χ0v) is 8.62. The Kier molecular flexibility index (Phi) is 4.17. The fourth-order valence-electron chi connectivity index (χ4n) is 0.856. The van der Waals surface area contributed by atoms with Gasteiger partial charge in [0.15, 0.2) is 0 Å². The number of hydrogen-bond acceptors (Lipinski definition) is 2. The molecule has 0 fully saturated rings. The van der Waals surface area contributed by atoms with Gasteiger partial charge in [-0.25, -0.2) is 9.59 Å². The van der Waals surface area contributed by atoms with Gasteiger partial charge in [0.25, 0.3) is 0 Å². The first-order valence-corrected chi connectivity index (χ1v) is 3.18. The van der Waals surface area contributed by atoms with E-state index < -0.39 is 11.9 Å². The molecule has 0 aliphatic carbocycles. The van der Waals surface area contributed by atoms with Crippen LogP contribution in [-0.2, 0) is 0 Å². The van der Waals surface area contributed by atoms with Gasteiger partial charge < -0.3 is 10.2 Å². The van der Waals surface area contributed by atoms with Crippen LogP contribution >= 0.6 is 0 Å². The average Bonchev–Trinajstić information content (AvgIpc) is 2.04. The molecule has 4 nitrogen and oxygen atoms in total. The normalized spacial score (nSPS) is 8.62. The molecule has 70 valence electrons.